The second-order valence-corrected chi connectivity index (χ2v) is 11.4. The van der Waals surface area contributed by atoms with Crippen LogP contribution < -0.4 is 16.0 Å². The normalized spacial score (nSPS) is 25.3. The minimum absolute atomic E-state index is 0.0530. The maximum Gasteiger partial charge on any atom is 0.406 e. The van der Waals surface area contributed by atoms with E-state index in [1.807, 2.05) is 36.2 Å². The Kier molecular flexibility index (Phi) is 12.0. The van der Waals surface area contributed by atoms with Crippen LogP contribution in [0.3, 0.4) is 0 Å². The molecular formula is C28H45ClN4O5. The number of nitrogens with one attached hydrogen (secondary N) is 3. The van der Waals surface area contributed by atoms with Gasteiger partial charge in [0.15, 0.2) is 0 Å². The molecule has 0 bridgehead atoms. The van der Waals surface area contributed by atoms with E-state index in [1.165, 1.54) is 7.11 Å². The first kappa shape index (κ1) is 30.5. The molecule has 1 saturated carbocycles. The number of amides is 3. The number of aliphatic hydroxyl groups excluding tert-OH is 1. The summed E-state index contributed by atoms with van der Waals surface area (Å²) in [5.74, 6) is 0.216. The number of carbonyl (C=O) groups excluding carboxylic acids is 2. The van der Waals surface area contributed by atoms with Crippen LogP contribution in [0.1, 0.15) is 63.5 Å². The van der Waals surface area contributed by atoms with Gasteiger partial charge in [-0.2, -0.15) is 0 Å². The quantitative estimate of drug-likeness (QED) is 0.308. The molecule has 0 aromatic heterocycles. The maximum absolute atomic E-state index is 13.5. The Labute approximate surface area is 232 Å². The third-order valence-electron chi connectivity index (χ3n) is 7.88. The molecule has 214 valence electrons. The number of hydrogen-bond acceptors (Lipinski definition) is 6. The van der Waals surface area contributed by atoms with E-state index < -0.39 is 6.09 Å². The molecule has 2 fully saturated rings. The standard InChI is InChI=1S/C28H45ClN4O5/c1-28(25(21-9-6-10-22(29)16-21)38-15-13-31-27(36)37-3)12-7-14-33(19-28)26(35)32-23(18-30-2)17-20-8-4-5-11-24(20)34/h6,9-10,16,20,23-25,30,34H,4-5,7-8,11-15,17-19H2,1-3H3,(H,31,36)(H,32,35)/t20-,23+,24+,25+,28-/m1/s1. The second kappa shape index (κ2) is 14.9. The lowest BCUT2D eigenvalue weighted by Crippen LogP contribution is -2.54. The third-order valence-corrected chi connectivity index (χ3v) is 8.11. The molecule has 3 rings (SSSR count). The summed E-state index contributed by atoms with van der Waals surface area (Å²) in [4.78, 5) is 26.8. The highest BCUT2D eigenvalue weighted by molar-refractivity contribution is 6.30. The Morgan fingerprint density at radius 1 is 1.26 bits per heavy atom. The molecule has 9 nitrogen and oxygen atoms in total. The molecule has 1 saturated heterocycles. The van der Waals surface area contributed by atoms with Crippen molar-refractivity contribution >= 4 is 23.7 Å². The first-order valence-corrected chi connectivity index (χ1v) is 14.2. The molecule has 1 aliphatic carbocycles. The Bertz CT molecular complexity index is 906. The average molecular weight is 553 g/mol. The van der Waals surface area contributed by atoms with Gasteiger partial charge < -0.3 is 35.4 Å². The van der Waals surface area contributed by atoms with Gasteiger partial charge in [-0.25, -0.2) is 9.59 Å². The predicted molar refractivity (Wildman–Crippen MR) is 148 cm³/mol. The minimum atomic E-state index is -0.503. The van der Waals surface area contributed by atoms with Gasteiger partial charge in [0.25, 0.3) is 0 Å². The van der Waals surface area contributed by atoms with Crippen LogP contribution in [0.5, 0.6) is 0 Å². The summed E-state index contributed by atoms with van der Waals surface area (Å²) in [6, 6.07) is 7.49. The molecule has 10 heteroatoms. The molecule has 0 radical (unpaired) electrons. The van der Waals surface area contributed by atoms with Crippen LogP contribution >= 0.6 is 11.6 Å². The highest BCUT2D eigenvalue weighted by Crippen LogP contribution is 2.44. The summed E-state index contributed by atoms with van der Waals surface area (Å²) < 4.78 is 11.0. The molecule has 4 N–H and O–H groups in total. The van der Waals surface area contributed by atoms with Crippen LogP contribution in [0.2, 0.25) is 5.02 Å². The molecule has 1 aliphatic heterocycles. The number of halogens is 1. The van der Waals surface area contributed by atoms with Crippen molar-refractivity contribution in [3.63, 3.8) is 0 Å². The van der Waals surface area contributed by atoms with Gasteiger partial charge in [0.2, 0.25) is 0 Å². The molecule has 38 heavy (non-hydrogen) atoms. The van der Waals surface area contributed by atoms with Crippen molar-refractivity contribution in [2.75, 3.05) is 46.9 Å². The number of likely N-dealkylation sites (N-methyl/N-ethyl adjacent to an activating group) is 1. The SMILES string of the molecule is CNC[C@H](C[C@H]1CCCC[C@@H]1O)NC(=O)N1CCC[C@@](C)([C@@H](OCCNC(=O)OC)c2cccc(Cl)c2)C1. The van der Waals surface area contributed by atoms with Gasteiger partial charge in [-0.1, -0.05) is 43.5 Å². The zero-order chi connectivity index (χ0) is 27.5. The molecule has 1 heterocycles. The summed E-state index contributed by atoms with van der Waals surface area (Å²) in [5.41, 5.74) is 0.587. The van der Waals surface area contributed by atoms with E-state index in [0.717, 1.165) is 50.5 Å². The molecule has 1 aromatic rings. The number of aliphatic hydroxyl groups is 1. The number of likely N-dealkylation sites (tertiary alicyclic amines) is 1. The van der Waals surface area contributed by atoms with Crippen LogP contribution in [0.15, 0.2) is 24.3 Å². The highest BCUT2D eigenvalue weighted by Gasteiger charge is 2.42. The molecule has 1 aromatic carbocycles. The number of methoxy groups -OCH3 is 1. The summed E-state index contributed by atoms with van der Waals surface area (Å²) in [5, 5.41) is 20.2. The Morgan fingerprint density at radius 3 is 2.76 bits per heavy atom. The number of benzene rings is 1. The second-order valence-electron chi connectivity index (χ2n) is 11.0. The van der Waals surface area contributed by atoms with E-state index in [0.29, 0.717) is 37.8 Å². The van der Waals surface area contributed by atoms with Gasteiger partial charge >= 0.3 is 12.1 Å². The highest BCUT2D eigenvalue weighted by atomic mass is 35.5. The average Bonchev–Trinajstić information content (AvgIpc) is 2.89. The molecule has 0 spiro atoms. The van der Waals surface area contributed by atoms with Gasteiger partial charge in [0, 0.05) is 42.7 Å². The van der Waals surface area contributed by atoms with E-state index in [9.17, 15) is 14.7 Å². The van der Waals surface area contributed by atoms with Gasteiger partial charge in [0.05, 0.1) is 25.9 Å². The van der Waals surface area contributed by atoms with E-state index in [4.69, 9.17) is 16.3 Å². The fourth-order valence-corrected chi connectivity index (χ4v) is 6.16. The number of nitrogens with zero attached hydrogens (tertiary/aromatic N) is 1. The van der Waals surface area contributed by atoms with Crippen LogP contribution in [0.4, 0.5) is 9.59 Å². The van der Waals surface area contributed by atoms with Crippen molar-refractivity contribution in [1.29, 1.82) is 0 Å². The Hall–Kier alpha value is -2.07. The summed E-state index contributed by atoms with van der Waals surface area (Å²) >= 11 is 6.32. The smallest absolute Gasteiger partial charge is 0.406 e. The van der Waals surface area contributed by atoms with Crippen LogP contribution in [-0.4, -0.2) is 81.2 Å². The van der Waals surface area contributed by atoms with Gasteiger partial charge in [-0.05, 0) is 62.8 Å². The first-order chi connectivity index (χ1) is 18.3. The molecule has 2 aliphatic rings. The lowest BCUT2D eigenvalue weighted by atomic mass is 9.74. The largest absolute Gasteiger partial charge is 0.453 e. The lowest BCUT2D eigenvalue weighted by molar-refractivity contribution is -0.0613. The zero-order valence-corrected chi connectivity index (χ0v) is 23.8. The van der Waals surface area contributed by atoms with E-state index in [2.05, 4.69) is 27.6 Å². The Balaban J connectivity index is 1.69. The summed E-state index contributed by atoms with van der Waals surface area (Å²) in [6.07, 6.45) is 5.43. The summed E-state index contributed by atoms with van der Waals surface area (Å²) in [7, 11) is 3.21. The maximum atomic E-state index is 13.5. The topological polar surface area (TPSA) is 112 Å². The number of urea groups is 1. The number of ether oxygens (including phenoxy) is 2. The molecule has 3 amide bonds. The zero-order valence-electron chi connectivity index (χ0n) is 23.0. The number of carbonyl (C=O) groups is 2. The van der Waals surface area contributed by atoms with E-state index in [1.54, 1.807) is 0 Å². The van der Waals surface area contributed by atoms with Gasteiger partial charge in [-0.3, -0.25) is 0 Å². The van der Waals surface area contributed by atoms with Crippen molar-refractivity contribution in [1.82, 2.24) is 20.9 Å². The van der Waals surface area contributed by atoms with Crippen molar-refractivity contribution < 1.29 is 24.2 Å². The van der Waals surface area contributed by atoms with Crippen molar-refractivity contribution in [2.24, 2.45) is 11.3 Å². The predicted octanol–water partition coefficient (Wildman–Crippen LogP) is 4.09. The molecule has 0 unspecified atom stereocenters. The van der Waals surface area contributed by atoms with Gasteiger partial charge in [-0.15, -0.1) is 0 Å². The summed E-state index contributed by atoms with van der Waals surface area (Å²) in [6.45, 7) is 4.60. The van der Waals surface area contributed by atoms with Crippen LogP contribution in [-0.2, 0) is 9.47 Å². The number of alkyl carbamates (subject to hydrolysis) is 1. The van der Waals surface area contributed by atoms with Crippen LogP contribution in [0, 0.1) is 11.3 Å². The van der Waals surface area contributed by atoms with Crippen molar-refractivity contribution in [3.8, 4) is 0 Å². The van der Waals surface area contributed by atoms with E-state index >= 15 is 0 Å². The fourth-order valence-electron chi connectivity index (χ4n) is 5.96. The molecule has 5 atom stereocenters. The number of piperidine rings is 1. The first-order valence-electron chi connectivity index (χ1n) is 13.8. The number of hydrogen-bond donors (Lipinski definition) is 4. The minimum Gasteiger partial charge on any atom is -0.453 e. The van der Waals surface area contributed by atoms with Crippen LogP contribution in [0.25, 0.3) is 0 Å². The monoisotopic (exact) mass is 552 g/mol. The Morgan fingerprint density at radius 2 is 2.05 bits per heavy atom. The van der Waals surface area contributed by atoms with Crippen molar-refractivity contribution in [3.05, 3.63) is 34.9 Å². The molecular weight excluding hydrogens is 508 g/mol. The third kappa shape index (κ3) is 8.73. The fraction of sp³-hybridized carbons (Fsp3) is 0.714. The van der Waals surface area contributed by atoms with E-state index in [-0.39, 0.29) is 35.6 Å². The lowest BCUT2D eigenvalue weighted by Gasteiger charge is -2.45. The van der Waals surface area contributed by atoms with Gasteiger partial charge in [0.1, 0.15) is 0 Å². The van der Waals surface area contributed by atoms with Crippen molar-refractivity contribution in [2.45, 2.75) is 70.1 Å². The number of rotatable bonds is 11.